The zero-order chi connectivity index (χ0) is 19.1. The summed E-state index contributed by atoms with van der Waals surface area (Å²) >= 11 is 0. The minimum Gasteiger partial charge on any atom is -0.368 e. The summed E-state index contributed by atoms with van der Waals surface area (Å²) in [5, 5.41) is 5.14. The first-order chi connectivity index (χ1) is 12.4. The molecular weight excluding hydrogens is 339 g/mol. The minimum atomic E-state index is -0.623. The average molecular weight is 364 g/mol. The van der Waals surface area contributed by atoms with Crippen LogP contribution in [0.2, 0.25) is 0 Å². The van der Waals surface area contributed by atoms with Gasteiger partial charge in [-0.25, -0.2) is 4.39 Å². The number of nitrogens with zero attached hydrogens (tertiary/aromatic N) is 2. The zero-order valence-electron chi connectivity index (χ0n) is 15.1. The SMILES string of the molecule is CC(=O)NC(C)C(=O)NCCC(=O)N1CCN(c2ccc(F)cc2)CC1. The lowest BCUT2D eigenvalue weighted by Crippen LogP contribution is -2.49. The molecular formula is C18H25FN4O3. The number of hydrogen-bond acceptors (Lipinski definition) is 4. The summed E-state index contributed by atoms with van der Waals surface area (Å²) in [7, 11) is 0. The number of anilines is 1. The van der Waals surface area contributed by atoms with Gasteiger partial charge in [0.15, 0.2) is 0 Å². The Morgan fingerprint density at radius 3 is 2.31 bits per heavy atom. The first-order valence-corrected chi connectivity index (χ1v) is 8.70. The van der Waals surface area contributed by atoms with Crippen LogP contribution in [-0.4, -0.2) is 61.4 Å². The Hall–Kier alpha value is -2.64. The monoisotopic (exact) mass is 364 g/mol. The molecule has 0 saturated carbocycles. The molecule has 142 valence electrons. The summed E-state index contributed by atoms with van der Waals surface area (Å²) in [6.45, 7) is 5.72. The highest BCUT2D eigenvalue weighted by Crippen LogP contribution is 2.17. The van der Waals surface area contributed by atoms with Gasteiger partial charge in [-0.2, -0.15) is 0 Å². The highest BCUT2D eigenvalue weighted by Gasteiger charge is 2.21. The van der Waals surface area contributed by atoms with Gasteiger partial charge >= 0.3 is 0 Å². The molecule has 8 heteroatoms. The Kier molecular flexibility index (Phi) is 6.94. The van der Waals surface area contributed by atoms with Gasteiger partial charge in [0.1, 0.15) is 11.9 Å². The molecule has 1 aromatic rings. The summed E-state index contributed by atoms with van der Waals surface area (Å²) in [5.41, 5.74) is 0.942. The number of rotatable bonds is 6. The molecule has 0 spiro atoms. The van der Waals surface area contributed by atoms with Gasteiger partial charge < -0.3 is 20.4 Å². The Morgan fingerprint density at radius 1 is 1.12 bits per heavy atom. The minimum absolute atomic E-state index is 0.0174. The molecule has 3 amide bonds. The molecule has 2 N–H and O–H groups in total. The van der Waals surface area contributed by atoms with Crippen LogP contribution in [0.4, 0.5) is 10.1 Å². The average Bonchev–Trinajstić information content (AvgIpc) is 2.61. The van der Waals surface area contributed by atoms with Crippen molar-refractivity contribution < 1.29 is 18.8 Å². The molecule has 0 bridgehead atoms. The number of amides is 3. The van der Waals surface area contributed by atoms with Gasteiger partial charge in [-0.1, -0.05) is 0 Å². The van der Waals surface area contributed by atoms with E-state index < -0.39 is 6.04 Å². The Bertz CT molecular complexity index is 642. The Labute approximate surface area is 152 Å². The van der Waals surface area contributed by atoms with E-state index in [2.05, 4.69) is 15.5 Å². The fraction of sp³-hybridized carbons (Fsp3) is 0.500. The maximum atomic E-state index is 13.0. The van der Waals surface area contributed by atoms with Crippen molar-refractivity contribution in [2.75, 3.05) is 37.6 Å². The summed E-state index contributed by atoms with van der Waals surface area (Å²) < 4.78 is 13.0. The number of hydrogen-bond donors (Lipinski definition) is 2. The van der Waals surface area contributed by atoms with Crippen molar-refractivity contribution in [1.29, 1.82) is 0 Å². The molecule has 0 aromatic heterocycles. The second kappa shape index (κ2) is 9.17. The highest BCUT2D eigenvalue weighted by atomic mass is 19.1. The molecule has 0 aliphatic carbocycles. The van der Waals surface area contributed by atoms with E-state index in [1.165, 1.54) is 19.1 Å². The van der Waals surface area contributed by atoms with Crippen LogP contribution in [-0.2, 0) is 14.4 Å². The summed E-state index contributed by atoms with van der Waals surface area (Å²) in [6.07, 6.45) is 0.217. The standard InChI is InChI=1S/C18H25FN4O3/c1-13(21-14(2)24)18(26)20-8-7-17(25)23-11-9-22(10-12-23)16-5-3-15(19)4-6-16/h3-6,13H,7-12H2,1-2H3,(H,20,26)(H,21,24). The van der Waals surface area contributed by atoms with Gasteiger partial charge in [0.05, 0.1) is 0 Å². The van der Waals surface area contributed by atoms with Gasteiger partial charge in [-0.05, 0) is 31.2 Å². The van der Waals surface area contributed by atoms with E-state index in [9.17, 15) is 18.8 Å². The molecule has 1 aromatic carbocycles. The third-order valence-electron chi connectivity index (χ3n) is 4.28. The molecule has 1 aliphatic heterocycles. The van der Waals surface area contributed by atoms with E-state index in [4.69, 9.17) is 0 Å². The first kappa shape index (κ1) is 19.7. The molecule has 7 nitrogen and oxygen atoms in total. The third-order valence-corrected chi connectivity index (χ3v) is 4.28. The predicted molar refractivity (Wildman–Crippen MR) is 96.1 cm³/mol. The number of piperazine rings is 1. The molecule has 0 radical (unpaired) electrons. The van der Waals surface area contributed by atoms with Gasteiger partial charge in [-0.3, -0.25) is 14.4 Å². The van der Waals surface area contributed by atoms with E-state index in [-0.39, 0.29) is 36.5 Å². The van der Waals surface area contributed by atoms with Crippen LogP contribution in [0.1, 0.15) is 20.3 Å². The van der Waals surface area contributed by atoms with Crippen LogP contribution in [0.3, 0.4) is 0 Å². The van der Waals surface area contributed by atoms with Gasteiger partial charge in [0.2, 0.25) is 17.7 Å². The fourth-order valence-electron chi connectivity index (χ4n) is 2.84. The van der Waals surface area contributed by atoms with Gasteiger partial charge in [0.25, 0.3) is 0 Å². The van der Waals surface area contributed by atoms with Crippen molar-refractivity contribution in [1.82, 2.24) is 15.5 Å². The molecule has 26 heavy (non-hydrogen) atoms. The molecule has 1 atom stereocenters. The van der Waals surface area contributed by atoms with Crippen LogP contribution < -0.4 is 15.5 Å². The smallest absolute Gasteiger partial charge is 0.242 e. The van der Waals surface area contributed by atoms with E-state index in [1.807, 2.05) is 0 Å². The second-order valence-corrected chi connectivity index (χ2v) is 6.31. The molecule has 1 unspecified atom stereocenters. The van der Waals surface area contributed by atoms with Crippen molar-refractivity contribution in [3.05, 3.63) is 30.1 Å². The van der Waals surface area contributed by atoms with Crippen LogP contribution >= 0.6 is 0 Å². The lowest BCUT2D eigenvalue weighted by molar-refractivity contribution is -0.132. The molecule has 1 aliphatic rings. The second-order valence-electron chi connectivity index (χ2n) is 6.31. The van der Waals surface area contributed by atoms with Crippen LogP contribution in [0.25, 0.3) is 0 Å². The van der Waals surface area contributed by atoms with Crippen LogP contribution in [0, 0.1) is 5.82 Å². The Morgan fingerprint density at radius 2 is 1.73 bits per heavy atom. The van der Waals surface area contributed by atoms with E-state index in [0.717, 1.165) is 5.69 Å². The predicted octanol–water partition coefficient (Wildman–Crippen LogP) is 0.505. The Balaban J connectivity index is 1.70. The zero-order valence-corrected chi connectivity index (χ0v) is 15.1. The number of benzene rings is 1. The number of halogens is 1. The quantitative estimate of drug-likeness (QED) is 0.770. The number of carbonyl (C=O) groups excluding carboxylic acids is 3. The number of nitrogens with one attached hydrogen (secondary N) is 2. The van der Waals surface area contributed by atoms with Crippen molar-refractivity contribution in [3.8, 4) is 0 Å². The van der Waals surface area contributed by atoms with Crippen molar-refractivity contribution in [2.45, 2.75) is 26.3 Å². The van der Waals surface area contributed by atoms with E-state index in [1.54, 1.807) is 24.0 Å². The maximum absolute atomic E-state index is 13.0. The highest BCUT2D eigenvalue weighted by molar-refractivity contribution is 5.86. The van der Waals surface area contributed by atoms with Crippen LogP contribution in [0.15, 0.2) is 24.3 Å². The maximum Gasteiger partial charge on any atom is 0.242 e. The fourth-order valence-corrected chi connectivity index (χ4v) is 2.84. The summed E-state index contributed by atoms with van der Waals surface area (Å²) in [5.74, 6) is -0.870. The van der Waals surface area contributed by atoms with E-state index >= 15 is 0 Å². The first-order valence-electron chi connectivity index (χ1n) is 8.70. The molecule has 1 saturated heterocycles. The number of carbonyl (C=O) groups is 3. The lowest BCUT2D eigenvalue weighted by Gasteiger charge is -2.36. The van der Waals surface area contributed by atoms with Gasteiger partial charge in [-0.15, -0.1) is 0 Å². The van der Waals surface area contributed by atoms with Crippen molar-refractivity contribution >= 4 is 23.4 Å². The largest absolute Gasteiger partial charge is 0.368 e. The summed E-state index contributed by atoms with van der Waals surface area (Å²) in [4.78, 5) is 38.8. The molecule has 1 fully saturated rings. The van der Waals surface area contributed by atoms with Crippen LogP contribution in [0.5, 0.6) is 0 Å². The molecule has 1 heterocycles. The lowest BCUT2D eigenvalue weighted by atomic mass is 10.2. The third kappa shape index (κ3) is 5.72. The normalized spacial score (nSPS) is 15.3. The van der Waals surface area contributed by atoms with E-state index in [0.29, 0.717) is 26.2 Å². The van der Waals surface area contributed by atoms with Crippen molar-refractivity contribution in [2.24, 2.45) is 0 Å². The topological polar surface area (TPSA) is 81.8 Å². The van der Waals surface area contributed by atoms with Gasteiger partial charge in [0, 0.05) is 51.8 Å². The van der Waals surface area contributed by atoms with Crippen molar-refractivity contribution in [3.63, 3.8) is 0 Å². The summed E-state index contributed by atoms with van der Waals surface area (Å²) in [6, 6.07) is 5.70. The molecule has 2 rings (SSSR count).